The number of ether oxygens (including phenoxy) is 1. The van der Waals surface area contributed by atoms with E-state index < -0.39 is 5.91 Å². The molecule has 0 spiro atoms. The van der Waals surface area contributed by atoms with E-state index in [1.165, 1.54) is 6.20 Å². The molecule has 0 aliphatic rings. The largest absolute Gasteiger partial charge is 0.508 e. The van der Waals surface area contributed by atoms with E-state index in [0.717, 1.165) is 16.6 Å². The molecule has 24 heavy (non-hydrogen) atoms. The summed E-state index contributed by atoms with van der Waals surface area (Å²) in [6.07, 6.45) is 1.45. The van der Waals surface area contributed by atoms with Crippen molar-refractivity contribution in [3.05, 3.63) is 53.7 Å². The summed E-state index contributed by atoms with van der Waals surface area (Å²) in [6.45, 7) is 1.86. The van der Waals surface area contributed by atoms with E-state index in [2.05, 4.69) is 10.3 Å². The van der Waals surface area contributed by atoms with Crippen molar-refractivity contribution >= 4 is 28.2 Å². The molecule has 3 rings (SSSR count). The fourth-order valence-electron chi connectivity index (χ4n) is 2.54. The first-order chi connectivity index (χ1) is 11.5. The first-order valence-corrected chi connectivity index (χ1v) is 7.33. The number of nitrogens with two attached hydrogens (primary N) is 1. The lowest BCUT2D eigenvalue weighted by Crippen LogP contribution is -2.14. The van der Waals surface area contributed by atoms with Crippen molar-refractivity contribution in [2.24, 2.45) is 5.73 Å². The van der Waals surface area contributed by atoms with Crippen molar-refractivity contribution in [1.29, 1.82) is 0 Å². The molecule has 0 aliphatic heterocycles. The maximum Gasteiger partial charge on any atom is 0.252 e. The van der Waals surface area contributed by atoms with Gasteiger partial charge in [-0.1, -0.05) is 0 Å². The number of aromatic hydroxyl groups is 1. The normalized spacial score (nSPS) is 10.6. The number of phenols is 1. The molecule has 0 fully saturated rings. The summed E-state index contributed by atoms with van der Waals surface area (Å²) >= 11 is 0. The summed E-state index contributed by atoms with van der Waals surface area (Å²) in [5.41, 5.74) is 8.64. The average Bonchev–Trinajstić information content (AvgIpc) is 2.56. The number of primary amides is 1. The minimum atomic E-state index is -0.570. The van der Waals surface area contributed by atoms with Crippen molar-refractivity contribution in [2.45, 2.75) is 6.92 Å². The Kier molecular flexibility index (Phi) is 3.95. The van der Waals surface area contributed by atoms with Crippen molar-refractivity contribution in [3.8, 4) is 11.5 Å². The number of hydrogen-bond acceptors (Lipinski definition) is 5. The lowest BCUT2D eigenvalue weighted by Gasteiger charge is -2.15. The Morgan fingerprint density at radius 2 is 2.04 bits per heavy atom. The van der Waals surface area contributed by atoms with Crippen LogP contribution >= 0.6 is 0 Å². The number of aryl methyl sites for hydroxylation is 1. The molecule has 0 radical (unpaired) electrons. The monoisotopic (exact) mass is 323 g/mol. The Labute approximate surface area is 138 Å². The quantitative estimate of drug-likeness (QED) is 0.641. The van der Waals surface area contributed by atoms with Crippen molar-refractivity contribution in [3.63, 3.8) is 0 Å². The third-order valence-electron chi connectivity index (χ3n) is 3.81. The molecule has 1 heterocycles. The highest BCUT2D eigenvalue weighted by atomic mass is 16.5. The first-order valence-electron chi connectivity index (χ1n) is 7.33. The van der Waals surface area contributed by atoms with Gasteiger partial charge in [-0.05, 0) is 42.8 Å². The number of hydrogen-bond donors (Lipinski definition) is 3. The van der Waals surface area contributed by atoms with Crippen LogP contribution in [0.15, 0.2) is 42.6 Å². The zero-order valence-corrected chi connectivity index (χ0v) is 13.3. The number of nitrogens with zero attached hydrogens (tertiary/aromatic N) is 1. The van der Waals surface area contributed by atoms with Gasteiger partial charge >= 0.3 is 0 Å². The maximum atomic E-state index is 11.8. The molecule has 0 saturated heterocycles. The van der Waals surface area contributed by atoms with Crippen LogP contribution in [0, 0.1) is 6.92 Å². The van der Waals surface area contributed by atoms with Crippen molar-refractivity contribution in [2.75, 3.05) is 12.4 Å². The number of methoxy groups -OCH3 is 1. The van der Waals surface area contributed by atoms with Gasteiger partial charge in [0, 0.05) is 23.3 Å². The Balaban J connectivity index is 2.19. The summed E-state index contributed by atoms with van der Waals surface area (Å²) in [5, 5.41) is 13.5. The summed E-state index contributed by atoms with van der Waals surface area (Å²) in [4.78, 5) is 16.1. The third kappa shape index (κ3) is 2.81. The molecule has 0 saturated carbocycles. The number of pyridine rings is 1. The van der Waals surface area contributed by atoms with Crippen LogP contribution in [-0.2, 0) is 0 Å². The second-order valence-electron chi connectivity index (χ2n) is 5.42. The number of carbonyl (C=O) groups is 1. The van der Waals surface area contributed by atoms with E-state index in [9.17, 15) is 9.90 Å². The van der Waals surface area contributed by atoms with Crippen LogP contribution in [0.3, 0.4) is 0 Å². The number of fused-ring (bicyclic) bond motifs is 1. The maximum absolute atomic E-state index is 11.8. The molecule has 2 aromatic carbocycles. The average molecular weight is 323 g/mol. The number of carbonyl (C=O) groups excluding carboxylic acids is 1. The highest BCUT2D eigenvalue weighted by molar-refractivity contribution is 6.07. The Hall–Kier alpha value is -3.28. The van der Waals surface area contributed by atoms with Crippen LogP contribution in [-0.4, -0.2) is 23.1 Å². The van der Waals surface area contributed by atoms with Gasteiger partial charge in [-0.3, -0.25) is 9.78 Å². The molecular weight excluding hydrogens is 306 g/mol. The molecule has 0 unspecified atom stereocenters. The van der Waals surface area contributed by atoms with Gasteiger partial charge < -0.3 is 20.9 Å². The molecular formula is C18H17N3O3. The molecule has 6 heteroatoms. The summed E-state index contributed by atoms with van der Waals surface area (Å²) < 4.78 is 5.21. The SMILES string of the molecule is COc1ccc2c(Nc3ccc(O)cc3C)c(C(N)=O)cnc2c1. The number of aromatic nitrogens is 1. The number of benzene rings is 2. The minimum absolute atomic E-state index is 0.178. The molecule has 0 bridgehead atoms. The second-order valence-corrected chi connectivity index (χ2v) is 5.42. The van der Waals surface area contributed by atoms with Crippen LogP contribution in [0.4, 0.5) is 11.4 Å². The van der Waals surface area contributed by atoms with Gasteiger partial charge in [-0.25, -0.2) is 0 Å². The van der Waals surface area contributed by atoms with Gasteiger partial charge in [0.25, 0.3) is 5.91 Å². The van der Waals surface area contributed by atoms with Crippen molar-refractivity contribution < 1.29 is 14.6 Å². The van der Waals surface area contributed by atoms with Crippen LogP contribution in [0.25, 0.3) is 10.9 Å². The molecule has 6 nitrogen and oxygen atoms in total. The van der Waals surface area contributed by atoms with Crippen LogP contribution in [0.1, 0.15) is 15.9 Å². The summed E-state index contributed by atoms with van der Waals surface area (Å²) in [7, 11) is 1.58. The first kappa shape index (κ1) is 15.6. The Morgan fingerprint density at radius 1 is 1.25 bits per heavy atom. The summed E-state index contributed by atoms with van der Waals surface area (Å²) in [5.74, 6) is 0.283. The van der Waals surface area contributed by atoms with Gasteiger partial charge in [-0.2, -0.15) is 0 Å². The number of anilines is 2. The van der Waals surface area contributed by atoms with Gasteiger partial charge in [0.05, 0.1) is 23.9 Å². The predicted molar refractivity (Wildman–Crippen MR) is 92.9 cm³/mol. The molecule has 1 aromatic heterocycles. The molecule has 0 aliphatic carbocycles. The third-order valence-corrected chi connectivity index (χ3v) is 3.81. The molecule has 1 amide bonds. The van der Waals surface area contributed by atoms with Crippen LogP contribution < -0.4 is 15.8 Å². The van der Waals surface area contributed by atoms with Gasteiger partial charge in [0.15, 0.2) is 0 Å². The van der Waals surface area contributed by atoms with Gasteiger partial charge in [-0.15, -0.1) is 0 Å². The fraction of sp³-hybridized carbons (Fsp3) is 0.111. The lowest BCUT2D eigenvalue weighted by atomic mass is 10.1. The topological polar surface area (TPSA) is 97.5 Å². The number of nitrogens with one attached hydrogen (secondary N) is 1. The smallest absolute Gasteiger partial charge is 0.252 e. The fourth-order valence-corrected chi connectivity index (χ4v) is 2.54. The van der Waals surface area contributed by atoms with Gasteiger partial charge in [0.2, 0.25) is 0 Å². The van der Waals surface area contributed by atoms with E-state index in [4.69, 9.17) is 10.5 Å². The highest BCUT2D eigenvalue weighted by Crippen LogP contribution is 2.32. The van der Waals surface area contributed by atoms with Gasteiger partial charge in [0.1, 0.15) is 11.5 Å². The molecule has 122 valence electrons. The minimum Gasteiger partial charge on any atom is -0.508 e. The molecule has 3 aromatic rings. The number of amides is 1. The number of phenolic OH excluding ortho intramolecular Hbond substituents is 1. The molecule has 4 N–H and O–H groups in total. The number of rotatable bonds is 4. The van der Waals surface area contributed by atoms with Crippen LogP contribution in [0.5, 0.6) is 11.5 Å². The van der Waals surface area contributed by atoms with E-state index >= 15 is 0 Å². The zero-order valence-electron chi connectivity index (χ0n) is 13.3. The predicted octanol–water partition coefficient (Wildman–Crippen LogP) is 3.10. The second kappa shape index (κ2) is 6.08. The Bertz CT molecular complexity index is 938. The lowest BCUT2D eigenvalue weighted by molar-refractivity contribution is 0.100. The van der Waals surface area contributed by atoms with E-state index in [0.29, 0.717) is 22.5 Å². The zero-order chi connectivity index (χ0) is 17.3. The highest BCUT2D eigenvalue weighted by Gasteiger charge is 2.15. The summed E-state index contributed by atoms with van der Waals surface area (Å²) in [6, 6.07) is 10.4. The molecule has 0 atom stereocenters. The van der Waals surface area contributed by atoms with Crippen LogP contribution in [0.2, 0.25) is 0 Å². The van der Waals surface area contributed by atoms with E-state index in [1.807, 2.05) is 13.0 Å². The van der Waals surface area contributed by atoms with E-state index in [1.54, 1.807) is 37.4 Å². The van der Waals surface area contributed by atoms with E-state index in [-0.39, 0.29) is 5.75 Å². The van der Waals surface area contributed by atoms with Crippen molar-refractivity contribution in [1.82, 2.24) is 4.98 Å². The Morgan fingerprint density at radius 3 is 2.71 bits per heavy atom. The standard InChI is InChI=1S/C18H17N3O3/c1-10-7-11(22)3-6-15(10)21-17-13-5-4-12(24-2)8-16(13)20-9-14(17)18(19)23/h3-9,22H,1-2H3,(H2,19,23)(H,20,21).